The third-order valence-electron chi connectivity index (χ3n) is 3.77. The lowest BCUT2D eigenvalue weighted by molar-refractivity contribution is 0.0995. The van der Waals surface area contributed by atoms with Crippen LogP contribution in [0.2, 0.25) is 0 Å². The molecule has 0 aliphatic carbocycles. The highest BCUT2D eigenvalue weighted by Crippen LogP contribution is 2.30. The van der Waals surface area contributed by atoms with Crippen LogP contribution in [0.4, 0.5) is 0 Å². The minimum Gasteiger partial charge on any atom is -0.315 e. The summed E-state index contributed by atoms with van der Waals surface area (Å²) in [6, 6.07) is 0.690. The van der Waals surface area contributed by atoms with Crippen LogP contribution < -0.4 is 5.32 Å². The smallest absolute Gasteiger partial charge is 0.0192 e. The van der Waals surface area contributed by atoms with Crippen molar-refractivity contribution < 1.29 is 0 Å². The maximum absolute atomic E-state index is 3.56. The first kappa shape index (κ1) is 14.0. The summed E-state index contributed by atoms with van der Waals surface area (Å²) >= 11 is 0. The second kappa shape index (κ2) is 6.02. The van der Waals surface area contributed by atoms with E-state index < -0.39 is 0 Å². The maximum atomic E-state index is 3.56. The molecule has 1 saturated heterocycles. The fraction of sp³-hybridized carbons (Fsp3) is 1.00. The summed E-state index contributed by atoms with van der Waals surface area (Å²) in [6.45, 7) is 16.5. The molecule has 1 N–H and O–H groups in total. The number of hydrogen-bond donors (Lipinski definition) is 1. The lowest BCUT2D eigenvalue weighted by atomic mass is 9.82. The maximum Gasteiger partial charge on any atom is 0.0192 e. The van der Waals surface area contributed by atoms with Crippen molar-refractivity contribution >= 4 is 0 Å². The van der Waals surface area contributed by atoms with E-state index in [9.17, 15) is 0 Å². The van der Waals surface area contributed by atoms with Gasteiger partial charge in [-0.2, -0.15) is 0 Å². The molecule has 0 aromatic rings. The molecule has 0 radical (unpaired) electrons. The fourth-order valence-electron chi connectivity index (χ4n) is 2.28. The lowest BCUT2D eigenvalue weighted by Crippen LogP contribution is -2.46. The van der Waals surface area contributed by atoms with Gasteiger partial charge in [-0.3, -0.25) is 4.90 Å². The molecule has 16 heavy (non-hydrogen) atoms. The Kier molecular flexibility index (Phi) is 5.26. The van der Waals surface area contributed by atoms with E-state index >= 15 is 0 Å². The monoisotopic (exact) mass is 226 g/mol. The standard InChI is InChI=1S/C14H30N2/c1-12(2)10-15-11-13(3)16-8-6-14(4,5)7-9-16/h12-13,15H,6-11H2,1-5H3. The fourth-order valence-corrected chi connectivity index (χ4v) is 2.28. The second-order valence-electron chi connectivity index (χ2n) is 6.60. The molecule has 1 heterocycles. The van der Waals surface area contributed by atoms with Crippen molar-refractivity contribution in [1.29, 1.82) is 0 Å². The van der Waals surface area contributed by atoms with Crippen LogP contribution in [0.3, 0.4) is 0 Å². The van der Waals surface area contributed by atoms with Crippen molar-refractivity contribution in [1.82, 2.24) is 10.2 Å². The van der Waals surface area contributed by atoms with Crippen molar-refractivity contribution in [3.63, 3.8) is 0 Å². The molecule has 96 valence electrons. The van der Waals surface area contributed by atoms with Crippen LogP contribution in [-0.4, -0.2) is 37.1 Å². The van der Waals surface area contributed by atoms with Crippen molar-refractivity contribution in [3.8, 4) is 0 Å². The molecule has 1 atom stereocenters. The Labute approximate surface area is 102 Å². The first-order valence-electron chi connectivity index (χ1n) is 6.85. The van der Waals surface area contributed by atoms with Gasteiger partial charge in [0.2, 0.25) is 0 Å². The van der Waals surface area contributed by atoms with Crippen LogP contribution in [0.1, 0.15) is 47.5 Å². The summed E-state index contributed by atoms with van der Waals surface area (Å²) in [5, 5.41) is 3.56. The van der Waals surface area contributed by atoms with Crippen molar-refractivity contribution in [2.24, 2.45) is 11.3 Å². The lowest BCUT2D eigenvalue weighted by Gasteiger charge is -2.40. The Bertz CT molecular complexity index is 189. The number of rotatable bonds is 5. The predicted octanol–water partition coefficient (Wildman–Crippen LogP) is 2.74. The molecule has 0 amide bonds. The Morgan fingerprint density at radius 2 is 1.62 bits per heavy atom. The number of nitrogens with one attached hydrogen (secondary N) is 1. The average molecular weight is 226 g/mol. The summed E-state index contributed by atoms with van der Waals surface area (Å²) in [4.78, 5) is 2.64. The molecule has 1 unspecified atom stereocenters. The molecule has 2 heteroatoms. The van der Waals surface area contributed by atoms with Crippen LogP contribution in [0, 0.1) is 11.3 Å². The molecule has 0 aromatic heterocycles. The molecule has 2 nitrogen and oxygen atoms in total. The molecule has 1 fully saturated rings. The predicted molar refractivity (Wildman–Crippen MR) is 71.8 cm³/mol. The first-order valence-corrected chi connectivity index (χ1v) is 6.85. The van der Waals surface area contributed by atoms with Crippen molar-refractivity contribution in [3.05, 3.63) is 0 Å². The third kappa shape index (κ3) is 4.84. The second-order valence-corrected chi connectivity index (χ2v) is 6.60. The van der Waals surface area contributed by atoms with Gasteiger partial charge in [0, 0.05) is 12.6 Å². The van der Waals surface area contributed by atoms with E-state index in [2.05, 4.69) is 44.8 Å². The summed E-state index contributed by atoms with van der Waals surface area (Å²) in [5.74, 6) is 0.757. The van der Waals surface area contributed by atoms with E-state index in [0.717, 1.165) is 19.0 Å². The summed E-state index contributed by atoms with van der Waals surface area (Å²) in [6.07, 6.45) is 2.70. The van der Waals surface area contributed by atoms with Gasteiger partial charge in [-0.25, -0.2) is 0 Å². The van der Waals surface area contributed by atoms with Gasteiger partial charge in [0.15, 0.2) is 0 Å². The van der Waals surface area contributed by atoms with E-state index in [1.807, 2.05) is 0 Å². The normalized spacial score (nSPS) is 23.6. The van der Waals surface area contributed by atoms with Crippen LogP contribution >= 0.6 is 0 Å². The summed E-state index contributed by atoms with van der Waals surface area (Å²) in [5.41, 5.74) is 0.571. The minimum absolute atomic E-state index is 0.571. The highest BCUT2D eigenvalue weighted by atomic mass is 15.2. The van der Waals surface area contributed by atoms with Crippen LogP contribution in [-0.2, 0) is 0 Å². The van der Waals surface area contributed by atoms with Crippen LogP contribution in [0.25, 0.3) is 0 Å². The molecular weight excluding hydrogens is 196 g/mol. The molecule has 1 aliphatic heterocycles. The Morgan fingerprint density at radius 3 is 2.12 bits per heavy atom. The average Bonchev–Trinajstić information content (AvgIpc) is 2.16. The highest BCUT2D eigenvalue weighted by Gasteiger charge is 2.27. The van der Waals surface area contributed by atoms with Gasteiger partial charge in [-0.1, -0.05) is 27.7 Å². The van der Waals surface area contributed by atoms with E-state index in [4.69, 9.17) is 0 Å². The number of hydrogen-bond acceptors (Lipinski definition) is 2. The topological polar surface area (TPSA) is 15.3 Å². The first-order chi connectivity index (χ1) is 7.41. The molecule has 0 bridgehead atoms. The third-order valence-corrected chi connectivity index (χ3v) is 3.77. The highest BCUT2D eigenvalue weighted by molar-refractivity contribution is 4.81. The molecule has 1 rings (SSSR count). The van der Waals surface area contributed by atoms with E-state index in [-0.39, 0.29) is 0 Å². The van der Waals surface area contributed by atoms with Gasteiger partial charge in [0.1, 0.15) is 0 Å². The SMILES string of the molecule is CC(C)CNCC(C)N1CCC(C)(C)CC1. The van der Waals surface area contributed by atoms with Gasteiger partial charge in [0.05, 0.1) is 0 Å². The molecular formula is C14H30N2. The van der Waals surface area contributed by atoms with E-state index in [1.165, 1.54) is 25.9 Å². The minimum atomic E-state index is 0.571. The van der Waals surface area contributed by atoms with Gasteiger partial charge >= 0.3 is 0 Å². The van der Waals surface area contributed by atoms with E-state index in [1.54, 1.807) is 0 Å². The Morgan fingerprint density at radius 1 is 1.06 bits per heavy atom. The van der Waals surface area contributed by atoms with Gasteiger partial charge in [0.25, 0.3) is 0 Å². The van der Waals surface area contributed by atoms with Crippen molar-refractivity contribution in [2.75, 3.05) is 26.2 Å². The Balaban J connectivity index is 2.20. The number of piperidine rings is 1. The van der Waals surface area contributed by atoms with Gasteiger partial charge in [-0.05, 0) is 50.7 Å². The van der Waals surface area contributed by atoms with E-state index in [0.29, 0.717) is 11.5 Å². The molecule has 0 saturated carbocycles. The van der Waals surface area contributed by atoms with Crippen molar-refractivity contribution in [2.45, 2.75) is 53.5 Å². The zero-order chi connectivity index (χ0) is 12.2. The van der Waals surface area contributed by atoms with Crippen LogP contribution in [0.5, 0.6) is 0 Å². The van der Waals surface area contributed by atoms with Gasteiger partial charge < -0.3 is 5.32 Å². The Hall–Kier alpha value is -0.0800. The van der Waals surface area contributed by atoms with Crippen LogP contribution in [0.15, 0.2) is 0 Å². The molecule has 0 aromatic carbocycles. The largest absolute Gasteiger partial charge is 0.315 e. The summed E-state index contributed by atoms with van der Waals surface area (Å²) in [7, 11) is 0. The molecule has 0 spiro atoms. The zero-order valence-electron chi connectivity index (χ0n) is 11.8. The summed E-state index contributed by atoms with van der Waals surface area (Å²) < 4.78 is 0. The molecule has 1 aliphatic rings. The quantitative estimate of drug-likeness (QED) is 0.775. The number of likely N-dealkylation sites (tertiary alicyclic amines) is 1. The number of nitrogens with zero attached hydrogens (tertiary/aromatic N) is 1. The zero-order valence-corrected chi connectivity index (χ0v) is 11.8. The van der Waals surface area contributed by atoms with Gasteiger partial charge in [-0.15, -0.1) is 0 Å².